The van der Waals surface area contributed by atoms with Crippen molar-refractivity contribution in [3.8, 4) is 6.07 Å². The molecule has 378 valence electrons. The van der Waals surface area contributed by atoms with Crippen molar-refractivity contribution in [1.29, 1.82) is 0 Å². The number of hydrogen-bond acceptors (Lipinski definition) is 14. The van der Waals surface area contributed by atoms with Crippen molar-refractivity contribution in [2.75, 3.05) is 38.0 Å². The molecule has 7 fully saturated rings. The fraction of sp³-hybridized carbons (Fsp3) is 0.562. The Labute approximate surface area is 411 Å². The van der Waals surface area contributed by atoms with Crippen molar-refractivity contribution in [2.45, 2.75) is 138 Å². The number of nitrogens with zero attached hydrogens (tertiary/aromatic N) is 10. The average molecular weight is 993 g/mol. The Morgan fingerprint density at radius 1 is 0.903 bits per heavy atom. The van der Waals surface area contributed by atoms with E-state index in [0.29, 0.717) is 89.9 Å². The van der Waals surface area contributed by atoms with Gasteiger partial charge in [-0.3, -0.25) is 14.4 Å². The van der Waals surface area contributed by atoms with E-state index in [0.717, 1.165) is 50.8 Å². The molecule has 0 radical (unpaired) electrons. The Morgan fingerprint density at radius 3 is 2.46 bits per heavy atom. The first-order valence-corrected chi connectivity index (χ1v) is 24.8. The minimum absolute atomic E-state index is 0.118. The monoisotopic (exact) mass is 992 g/mol. The molecule has 22 nitrogen and oxygen atoms in total. The Kier molecular flexibility index (Phi) is 11.7. The number of hydrogen-bond donors (Lipinski definition) is 6. The maximum absolute atomic E-state index is 15.9. The summed E-state index contributed by atoms with van der Waals surface area (Å²) in [5, 5.41) is 23.2. The molecule has 7 heterocycles. The maximum Gasteiger partial charge on any atom is 0.407 e. The molecule has 6 N–H and O–H groups in total. The van der Waals surface area contributed by atoms with E-state index in [9.17, 15) is 9.59 Å². The van der Waals surface area contributed by atoms with Gasteiger partial charge in [0.25, 0.3) is 6.07 Å². The molecule has 72 heavy (non-hydrogen) atoms. The molecular formula is C48H58F2N16O6+2. The van der Waals surface area contributed by atoms with Crippen molar-refractivity contribution < 1.29 is 42.1 Å². The molecule has 6 aliphatic carbocycles. The normalized spacial score (nSPS) is 27.8. The molecule has 0 spiro atoms. The number of amides is 2. The number of halogens is 2. The van der Waals surface area contributed by atoms with Crippen LogP contribution in [0.5, 0.6) is 0 Å². The summed E-state index contributed by atoms with van der Waals surface area (Å²) in [5.41, 5.74) is 3.74. The second-order valence-corrected chi connectivity index (χ2v) is 20.8. The quantitative estimate of drug-likeness (QED) is 0.0626. The number of alkyl halides is 2. The van der Waals surface area contributed by atoms with Gasteiger partial charge in [0.1, 0.15) is 35.8 Å². The van der Waals surface area contributed by atoms with Gasteiger partial charge in [-0.2, -0.15) is 5.10 Å². The number of carbonyl (C=O) groups is 2. The SMILES string of the molecule is COCc1cn2c(Nc3cc([C@H]4CC[C@@H](OC(=O)NC56CC(C5)C6)[C@H]4F)[nH]n3)nc(C#[N+][n+]3[nH]c([C@H]4C[C@@H](F)[C@@H](OC(=O)NC5(C)CC5)C4)cc3Nc3nccc4nc(CN5CCC5COC)cn34)cc2n1. The maximum atomic E-state index is 15.9. The number of alkyl carbamates (subject to hydrolysis) is 2. The minimum Gasteiger partial charge on any atom is -0.443 e. The van der Waals surface area contributed by atoms with Crippen molar-refractivity contribution in [3.05, 3.63) is 76.3 Å². The van der Waals surface area contributed by atoms with E-state index in [2.05, 4.69) is 52.5 Å². The molecule has 1 aliphatic heterocycles. The molecular weight excluding hydrogens is 935 g/mol. The lowest BCUT2D eigenvalue weighted by atomic mass is 9.50. The number of fused-ring (bicyclic) bond motifs is 2. The summed E-state index contributed by atoms with van der Waals surface area (Å²) in [6, 6.07) is 10.5. The summed E-state index contributed by atoms with van der Waals surface area (Å²) in [6.45, 7) is 4.45. The van der Waals surface area contributed by atoms with Crippen LogP contribution in [-0.2, 0) is 32.1 Å². The van der Waals surface area contributed by atoms with Gasteiger partial charge in [0.15, 0.2) is 22.0 Å². The van der Waals surface area contributed by atoms with Gasteiger partial charge in [0, 0.05) is 97.6 Å². The van der Waals surface area contributed by atoms with E-state index in [4.69, 9.17) is 38.9 Å². The fourth-order valence-corrected chi connectivity index (χ4v) is 11.0. The Bertz CT molecular complexity index is 3090. The first kappa shape index (κ1) is 46.1. The van der Waals surface area contributed by atoms with E-state index < -0.39 is 42.7 Å². The van der Waals surface area contributed by atoms with Gasteiger partial charge in [-0.15, -0.1) is 0 Å². The van der Waals surface area contributed by atoms with Crippen LogP contribution < -0.4 is 26.1 Å². The molecule has 6 aromatic heterocycles. The van der Waals surface area contributed by atoms with E-state index in [1.807, 2.05) is 29.7 Å². The van der Waals surface area contributed by atoms with Crippen molar-refractivity contribution in [1.82, 2.24) is 59.6 Å². The summed E-state index contributed by atoms with van der Waals surface area (Å²) in [4.78, 5) is 53.1. The van der Waals surface area contributed by atoms with Crippen LogP contribution in [0.2, 0.25) is 0 Å². The van der Waals surface area contributed by atoms with Gasteiger partial charge in [-0.1, -0.05) is 5.10 Å². The Balaban J connectivity index is 0.815. The number of imidazole rings is 2. The van der Waals surface area contributed by atoms with Crippen molar-refractivity contribution in [2.24, 2.45) is 5.92 Å². The van der Waals surface area contributed by atoms with Crippen molar-refractivity contribution in [3.63, 3.8) is 0 Å². The highest BCUT2D eigenvalue weighted by molar-refractivity contribution is 5.70. The standard InChI is InChI=1S/C48H56F2N16O6/c1-47(8-9-47)58-45(67)72-37-13-27(12-33(37)49)34-16-41(57-43-51-10-6-39-53-29(22-64(39)43)21-63-11-7-31(63)25-70-3)66(62-34)52-20-28-14-40-54-30(24-69-2)23-65(40)44(55-28)56-38-15-35(60-61-38)32-4-5-36(42(32)50)71-46(68)59-48-17-26(18-48)19-48/h6,10,14-16,22-23,26-27,31-33,36-37,42H,4-5,7-9,11-13,17-19,21,24-25H2,1-3H3,(H4-2,51,53,54,55,56,57,58,59,60,61,62,67,68)/p+2/t26?,27-,31?,32+,33+,36+,37-,42-,48?/m0/s1. The molecule has 7 atom stereocenters. The van der Waals surface area contributed by atoms with E-state index >= 15 is 8.78 Å². The van der Waals surface area contributed by atoms with Crippen LogP contribution in [0.3, 0.4) is 0 Å². The minimum atomic E-state index is -1.42. The van der Waals surface area contributed by atoms with Gasteiger partial charge < -0.3 is 34.9 Å². The molecule has 1 unspecified atom stereocenters. The first-order valence-electron chi connectivity index (χ1n) is 24.8. The molecule has 6 saturated carbocycles. The Morgan fingerprint density at radius 2 is 1.69 bits per heavy atom. The molecule has 7 aliphatic rings. The zero-order valence-electron chi connectivity index (χ0n) is 40.2. The molecule has 24 heteroatoms. The molecule has 2 amide bonds. The predicted octanol–water partition coefficient (Wildman–Crippen LogP) is 5.83. The largest absolute Gasteiger partial charge is 0.443 e. The number of aromatic amines is 2. The molecule has 13 rings (SSSR count). The van der Waals surface area contributed by atoms with Crippen LogP contribution >= 0.6 is 0 Å². The topological polar surface area (TPSA) is 236 Å². The number of anilines is 4. The van der Waals surface area contributed by atoms with Crippen molar-refractivity contribution >= 4 is 47.0 Å². The summed E-state index contributed by atoms with van der Waals surface area (Å²) in [7, 11) is 3.29. The molecule has 1 saturated heterocycles. The summed E-state index contributed by atoms with van der Waals surface area (Å²) < 4.78 is 57.1. The highest BCUT2D eigenvalue weighted by atomic mass is 19.1. The van der Waals surface area contributed by atoms with Gasteiger partial charge in [0.05, 0.1) is 30.7 Å². The molecule has 2 bridgehead atoms. The third-order valence-electron chi connectivity index (χ3n) is 15.4. The average Bonchev–Trinajstić information content (AvgIpc) is 4.03. The van der Waals surface area contributed by atoms with E-state index in [-0.39, 0.29) is 42.1 Å². The zero-order chi connectivity index (χ0) is 49.3. The number of methoxy groups -OCH3 is 2. The second-order valence-electron chi connectivity index (χ2n) is 20.8. The number of carbonyl (C=O) groups excluding carboxylic acids is 2. The summed E-state index contributed by atoms with van der Waals surface area (Å²) in [5.74, 6) is 1.37. The van der Waals surface area contributed by atoms with Gasteiger partial charge in [0.2, 0.25) is 5.95 Å². The number of H-pyrrole nitrogens is 2. The zero-order valence-corrected chi connectivity index (χ0v) is 40.2. The predicted molar refractivity (Wildman–Crippen MR) is 254 cm³/mol. The first-order chi connectivity index (χ1) is 34.9. The Hall–Kier alpha value is -6.97. The summed E-state index contributed by atoms with van der Waals surface area (Å²) in [6.07, 6.45) is 6.56. The van der Waals surface area contributed by atoms with E-state index in [1.54, 1.807) is 43.1 Å². The second kappa shape index (κ2) is 18.3. The molecule has 0 aromatic carbocycles. The smallest absolute Gasteiger partial charge is 0.407 e. The lowest BCUT2D eigenvalue weighted by Crippen LogP contribution is -2.68. The third kappa shape index (κ3) is 9.12. The lowest BCUT2D eigenvalue weighted by molar-refractivity contribution is -0.655. The van der Waals surface area contributed by atoms with Crippen LogP contribution in [0.4, 0.5) is 41.9 Å². The molecule has 6 aromatic rings. The van der Waals surface area contributed by atoms with Gasteiger partial charge >= 0.3 is 24.0 Å². The number of rotatable bonds is 16. The summed E-state index contributed by atoms with van der Waals surface area (Å²) >= 11 is 0. The highest BCUT2D eigenvalue weighted by Crippen LogP contribution is 2.57. The van der Waals surface area contributed by atoms with Crippen LogP contribution in [0.15, 0.2) is 42.9 Å². The number of likely N-dealkylation sites (tertiary alicyclic amines) is 1. The van der Waals surface area contributed by atoms with Crippen LogP contribution in [0.25, 0.3) is 16.2 Å². The fourth-order valence-electron chi connectivity index (χ4n) is 11.0. The highest BCUT2D eigenvalue weighted by Gasteiger charge is 2.58. The van der Waals surface area contributed by atoms with Crippen LogP contribution in [0, 0.1) is 12.0 Å². The third-order valence-corrected chi connectivity index (χ3v) is 15.4. The van der Waals surface area contributed by atoms with Crippen LogP contribution in [0.1, 0.15) is 111 Å². The number of aromatic nitrogens is 10. The van der Waals surface area contributed by atoms with E-state index in [1.165, 1.54) is 4.79 Å². The number of nitrogens with one attached hydrogen (secondary N) is 6. The lowest BCUT2D eigenvalue weighted by Gasteiger charge is -2.61. The number of ether oxygens (including phenoxy) is 4. The van der Waals surface area contributed by atoms with Gasteiger partial charge in [-0.05, 0) is 83.1 Å². The van der Waals surface area contributed by atoms with Crippen LogP contribution in [-0.4, -0.2) is 130 Å². The van der Waals surface area contributed by atoms with Gasteiger partial charge in [-0.25, -0.2) is 48.0 Å².